The molecule has 1 aliphatic carbocycles. The minimum absolute atomic E-state index is 0.190. The molecule has 2 aromatic rings. The summed E-state index contributed by atoms with van der Waals surface area (Å²) in [5, 5.41) is 16.4. The van der Waals surface area contributed by atoms with E-state index < -0.39 is 0 Å². The number of ether oxygens (including phenoxy) is 1. The smallest absolute Gasteiger partial charge is 0.191 e. The van der Waals surface area contributed by atoms with Crippen LogP contribution in [0.25, 0.3) is 0 Å². The van der Waals surface area contributed by atoms with Crippen molar-refractivity contribution in [2.75, 3.05) is 19.7 Å². The Morgan fingerprint density at radius 2 is 1.90 bits per heavy atom. The number of pyridine rings is 1. The van der Waals surface area contributed by atoms with Crippen molar-refractivity contribution in [3.8, 4) is 5.75 Å². The number of hydrogen-bond donors (Lipinski definition) is 3. The van der Waals surface area contributed by atoms with Crippen LogP contribution in [0.4, 0.5) is 0 Å². The third-order valence-electron chi connectivity index (χ3n) is 5.99. The molecule has 0 amide bonds. The molecule has 6 heteroatoms. The standard InChI is InChI=1S/C25H36N4O2/c1-2-26-24(29-20-25(15-17-30)13-5-3-6-14-25)28-18-21-9-11-23(12-10-21)31-19-22-8-4-7-16-27-22/h4,7-12,16,30H,2-3,5-6,13-15,17-20H2,1H3,(H2,26,28,29). The zero-order valence-corrected chi connectivity index (χ0v) is 18.6. The Bertz CT molecular complexity index is 781. The number of benzene rings is 1. The number of aliphatic hydroxyl groups is 1. The average molecular weight is 425 g/mol. The van der Waals surface area contributed by atoms with E-state index in [1.165, 1.54) is 32.1 Å². The third-order valence-corrected chi connectivity index (χ3v) is 5.99. The topological polar surface area (TPSA) is 78.8 Å². The van der Waals surface area contributed by atoms with Crippen molar-refractivity contribution in [1.29, 1.82) is 0 Å². The molecule has 0 spiro atoms. The van der Waals surface area contributed by atoms with E-state index in [-0.39, 0.29) is 12.0 Å². The molecule has 0 unspecified atom stereocenters. The van der Waals surface area contributed by atoms with Crippen molar-refractivity contribution in [1.82, 2.24) is 15.6 Å². The lowest BCUT2D eigenvalue weighted by molar-refractivity contribution is 0.131. The average Bonchev–Trinajstić information content (AvgIpc) is 2.82. The lowest BCUT2D eigenvalue weighted by Crippen LogP contribution is -2.44. The highest BCUT2D eigenvalue weighted by atomic mass is 16.5. The monoisotopic (exact) mass is 424 g/mol. The fourth-order valence-electron chi connectivity index (χ4n) is 4.17. The Morgan fingerprint density at radius 3 is 2.58 bits per heavy atom. The first-order valence-electron chi connectivity index (χ1n) is 11.5. The van der Waals surface area contributed by atoms with Crippen LogP contribution < -0.4 is 15.4 Å². The van der Waals surface area contributed by atoms with Crippen molar-refractivity contribution < 1.29 is 9.84 Å². The summed E-state index contributed by atoms with van der Waals surface area (Å²) in [7, 11) is 0. The van der Waals surface area contributed by atoms with Gasteiger partial charge in [-0.2, -0.15) is 0 Å². The number of hydrogen-bond acceptors (Lipinski definition) is 4. The first-order valence-corrected chi connectivity index (χ1v) is 11.5. The first-order chi connectivity index (χ1) is 15.2. The highest BCUT2D eigenvalue weighted by Crippen LogP contribution is 2.38. The Kier molecular flexibility index (Phi) is 9.16. The predicted molar refractivity (Wildman–Crippen MR) is 125 cm³/mol. The molecular weight excluding hydrogens is 388 g/mol. The van der Waals surface area contributed by atoms with Gasteiger partial charge in [0, 0.05) is 25.9 Å². The molecule has 1 aromatic carbocycles. The van der Waals surface area contributed by atoms with Gasteiger partial charge in [-0.3, -0.25) is 4.98 Å². The van der Waals surface area contributed by atoms with E-state index in [1.807, 2.05) is 30.3 Å². The van der Waals surface area contributed by atoms with E-state index in [0.29, 0.717) is 13.2 Å². The van der Waals surface area contributed by atoms with Crippen molar-refractivity contribution in [3.63, 3.8) is 0 Å². The van der Waals surface area contributed by atoms with Gasteiger partial charge in [-0.05, 0) is 61.4 Å². The fraction of sp³-hybridized carbons (Fsp3) is 0.520. The molecule has 0 saturated heterocycles. The number of aliphatic imine (C=N–C) groups is 1. The highest BCUT2D eigenvalue weighted by Gasteiger charge is 2.31. The van der Waals surface area contributed by atoms with Gasteiger partial charge >= 0.3 is 0 Å². The predicted octanol–water partition coefficient (Wildman–Crippen LogP) is 4.05. The number of nitrogens with zero attached hydrogens (tertiary/aromatic N) is 2. The Labute approximate surface area is 186 Å². The number of aromatic nitrogens is 1. The second-order valence-corrected chi connectivity index (χ2v) is 8.34. The van der Waals surface area contributed by atoms with Gasteiger partial charge in [-0.1, -0.05) is 37.5 Å². The van der Waals surface area contributed by atoms with E-state index in [2.05, 4.69) is 34.7 Å². The molecule has 1 aromatic heterocycles. The number of guanidine groups is 1. The second kappa shape index (κ2) is 12.3. The van der Waals surface area contributed by atoms with E-state index in [4.69, 9.17) is 9.73 Å². The minimum atomic E-state index is 0.190. The minimum Gasteiger partial charge on any atom is -0.487 e. The van der Waals surface area contributed by atoms with Gasteiger partial charge in [0.15, 0.2) is 5.96 Å². The van der Waals surface area contributed by atoms with Crippen LogP contribution in [-0.2, 0) is 13.2 Å². The van der Waals surface area contributed by atoms with Crippen LogP contribution in [0.3, 0.4) is 0 Å². The molecule has 6 nitrogen and oxygen atoms in total. The molecular formula is C25H36N4O2. The molecule has 1 saturated carbocycles. The van der Waals surface area contributed by atoms with Crippen LogP contribution in [0.5, 0.6) is 5.75 Å². The van der Waals surface area contributed by atoms with E-state index in [1.54, 1.807) is 6.20 Å². The molecule has 31 heavy (non-hydrogen) atoms. The fourth-order valence-corrected chi connectivity index (χ4v) is 4.17. The molecule has 3 rings (SSSR count). The van der Waals surface area contributed by atoms with Crippen molar-refractivity contribution in [2.24, 2.45) is 10.4 Å². The van der Waals surface area contributed by atoms with Gasteiger partial charge in [0.25, 0.3) is 0 Å². The van der Waals surface area contributed by atoms with Gasteiger partial charge in [-0.25, -0.2) is 4.99 Å². The molecule has 0 aliphatic heterocycles. The Balaban J connectivity index is 1.53. The van der Waals surface area contributed by atoms with Gasteiger partial charge in [0.2, 0.25) is 0 Å². The van der Waals surface area contributed by atoms with Gasteiger partial charge < -0.3 is 20.5 Å². The molecule has 1 fully saturated rings. The zero-order valence-electron chi connectivity index (χ0n) is 18.6. The summed E-state index contributed by atoms with van der Waals surface area (Å²) in [5.74, 6) is 1.66. The number of nitrogens with one attached hydrogen (secondary N) is 2. The lowest BCUT2D eigenvalue weighted by Gasteiger charge is -2.37. The largest absolute Gasteiger partial charge is 0.487 e. The first kappa shape index (κ1) is 23.1. The number of rotatable bonds is 10. The summed E-state index contributed by atoms with van der Waals surface area (Å²) < 4.78 is 5.81. The van der Waals surface area contributed by atoms with Crippen LogP contribution in [0.2, 0.25) is 0 Å². The van der Waals surface area contributed by atoms with Crippen LogP contribution in [0, 0.1) is 5.41 Å². The lowest BCUT2D eigenvalue weighted by atomic mass is 9.72. The van der Waals surface area contributed by atoms with E-state index in [9.17, 15) is 5.11 Å². The highest BCUT2D eigenvalue weighted by molar-refractivity contribution is 5.79. The van der Waals surface area contributed by atoms with Gasteiger partial charge in [0.1, 0.15) is 12.4 Å². The maximum Gasteiger partial charge on any atom is 0.191 e. The van der Waals surface area contributed by atoms with E-state index >= 15 is 0 Å². The zero-order chi connectivity index (χ0) is 21.8. The summed E-state index contributed by atoms with van der Waals surface area (Å²) in [5.41, 5.74) is 2.23. The van der Waals surface area contributed by atoms with Crippen molar-refractivity contribution in [2.45, 2.75) is 58.6 Å². The Hall–Kier alpha value is -2.60. The van der Waals surface area contributed by atoms with Crippen LogP contribution in [-0.4, -0.2) is 35.7 Å². The summed E-state index contributed by atoms with van der Waals surface area (Å²) in [6, 6.07) is 13.9. The molecule has 0 bridgehead atoms. The summed E-state index contributed by atoms with van der Waals surface area (Å²) in [4.78, 5) is 9.04. The van der Waals surface area contributed by atoms with Gasteiger partial charge in [0.05, 0.1) is 12.2 Å². The summed E-state index contributed by atoms with van der Waals surface area (Å²) in [6.45, 7) is 5.07. The second-order valence-electron chi connectivity index (χ2n) is 8.34. The quantitative estimate of drug-likeness (QED) is 0.396. The van der Waals surface area contributed by atoms with Crippen molar-refractivity contribution >= 4 is 5.96 Å². The maximum atomic E-state index is 9.54. The maximum absolute atomic E-state index is 9.54. The number of aliphatic hydroxyl groups excluding tert-OH is 1. The molecule has 0 radical (unpaired) electrons. The van der Waals surface area contributed by atoms with Crippen LogP contribution in [0.1, 0.15) is 56.7 Å². The van der Waals surface area contributed by atoms with Crippen molar-refractivity contribution in [3.05, 3.63) is 59.9 Å². The third kappa shape index (κ3) is 7.55. The summed E-state index contributed by atoms with van der Waals surface area (Å²) >= 11 is 0. The molecule has 3 N–H and O–H groups in total. The Morgan fingerprint density at radius 1 is 1.10 bits per heavy atom. The van der Waals surface area contributed by atoms with Crippen LogP contribution >= 0.6 is 0 Å². The molecule has 1 aliphatic rings. The molecule has 0 atom stereocenters. The normalized spacial score (nSPS) is 16.0. The molecule has 1 heterocycles. The van der Waals surface area contributed by atoms with E-state index in [0.717, 1.165) is 42.5 Å². The van der Waals surface area contributed by atoms with Crippen LogP contribution in [0.15, 0.2) is 53.7 Å². The van der Waals surface area contributed by atoms with Gasteiger partial charge in [-0.15, -0.1) is 0 Å². The molecule has 168 valence electrons. The summed E-state index contributed by atoms with van der Waals surface area (Å²) in [6.07, 6.45) is 8.81. The SMILES string of the molecule is CCNC(=NCc1ccc(OCc2ccccn2)cc1)NCC1(CCO)CCCCC1.